The van der Waals surface area contributed by atoms with Crippen LogP contribution in [-0.4, -0.2) is 23.9 Å². The third-order valence-corrected chi connectivity index (χ3v) is 3.00. The highest BCUT2D eigenvalue weighted by atomic mass is 16.2. The number of amides is 2. The third kappa shape index (κ3) is 5.09. The molecule has 0 aliphatic carbocycles. The second-order valence-electron chi connectivity index (χ2n) is 4.72. The van der Waals surface area contributed by atoms with Gasteiger partial charge in [0.05, 0.1) is 12.1 Å². The van der Waals surface area contributed by atoms with Gasteiger partial charge in [-0.05, 0) is 18.9 Å². The second-order valence-corrected chi connectivity index (χ2v) is 4.72. The minimum absolute atomic E-state index is 0.0571. The van der Waals surface area contributed by atoms with Crippen molar-refractivity contribution in [2.45, 2.75) is 32.4 Å². The van der Waals surface area contributed by atoms with E-state index < -0.39 is 5.54 Å². The predicted molar refractivity (Wildman–Crippen MR) is 74.2 cm³/mol. The second kappa shape index (κ2) is 6.89. The molecule has 0 saturated heterocycles. The van der Waals surface area contributed by atoms with Crippen molar-refractivity contribution >= 4 is 11.8 Å². The van der Waals surface area contributed by atoms with Crippen molar-refractivity contribution in [2.75, 3.05) is 6.54 Å². The van der Waals surface area contributed by atoms with E-state index in [-0.39, 0.29) is 18.4 Å². The van der Waals surface area contributed by atoms with E-state index in [0.29, 0.717) is 13.0 Å². The van der Waals surface area contributed by atoms with E-state index >= 15 is 0 Å². The lowest BCUT2D eigenvalue weighted by Gasteiger charge is -2.21. The van der Waals surface area contributed by atoms with E-state index in [1.54, 1.807) is 6.92 Å². The van der Waals surface area contributed by atoms with Gasteiger partial charge in [0.25, 0.3) is 0 Å². The van der Waals surface area contributed by atoms with Crippen LogP contribution in [0.3, 0.4) is 0 Å². The molecule has 0 bridgehead atoms. The minimum atomic E-state index is -0.931. The lowest BCUT2D eigenvalue weighted by molar-refractivity contribution is -0.129. The first-order valence-electron chi connectivity index (χ1n) is 6.33. The summed E-state index contributed by atoms with van der Waals surface area (Å²) < 4.78 is 0. The van der Waals surface area contributed by atoms with Crippen molar-refractivity contribution in [3.05, 3.63) is 35.9 Å². The molecule has 0 saturated carbocycles. The number of hydrogen-bond donors (Lipinski definition) is 3. The summed E-state index contributed by atoms with van der Waals surface area (Å²) in [5.41, 5.74) is 5.85. The summed E-state index contributed by atoms with van der Waals surface area (Å²) in [5, 5.41) is 5.26. The number of nitrogens with one attached hydrogen (secondary N) is 2. The zero-order valence-corrected chi connectivity index (χ0v) is 11.4. The Morgan fingerprint density at radius 2 is 1.84 bits per heavy atom. The van der Waals surface area contributed by atoms with E-state index in [1.165, 1.54) is 0 Å². The largest absolute Gasteiger partial charge is 0.350 e. The topological polar surface area (TPSA) is 84.2 Å². The Hall–Kier alpha value is -1.88. The molecule has 4 N–H and O–H groups in total. The summed E-state index contributed by atoms with van der Waals surface area (Å²) in [6.07, 6.45) is 0.518. The molecule has 1 unspecified atom stereocenters. The van der Waals surface area contributed by atoms with E-state index in [4.69, 9.17) is 5.73 Å². The van der Waals surface area contributed by atoms with Crippen LogP contribution in [0.15, 0.2) is 30.3 Å². The van der Waals surface area contributed by atoms with Gasteiger partial charge in [0.15, 0.2) is 0 Å². The maximum atomic E-state index is 11.7. The molecule has 0 aliphatic heterocycles. The van der Waals surface area contributed by atoms with Gasteiger partial charge in [-0.15, -0.1) is 0 Å². The lowest BCUT2D eigenvalue weighted by Crippen LogP contribution is -2.52. The van der Waals surface area contributed by atoms with Crippen molar-refractivity contribution in [3.8, 4) is 0 Å². The van der Waals surface area contributed by atoms with Crippen molar-refractivity contribution < 1.29 is 9.59 Å². The number of rotatable bonds is 6. The van der Waals surface area contributed by atoms with E-state index in [0.717, 1.165) is 5.56 Å². The fourth-order valence-corrected chi connectivity index (χ4v) is 1.38. The van der Waals surface area contributed by atoms with Crippen LogP contribution in [0.5, 0.6) is 0 Å². The summed E-state index contributed by atoms with van der Waals surface area (Å²) in [4.78, 5) is 23.2. The van der Waals surface area contributed by atoms with Crippen LogP contribution in [0.25, 0.3) is 0 Å². The number of nitrogens with two attached hydrogens (primary N) is 1. The van der Waals surface area contributed by atoms with Crippen molar-refractivity contribution in [1.82, 2.24) is 10.6 Å². The van der Waals surface area contributed by atoms with Gasteiger partial charge in [-0.2, -0.15) is 0 Å². The molecule has 5 nitrogen and oxygen atoms in total. The van der Waals surface area contributed by atoms with Crippen LogP contribution in [0.2, 0.25) is 0 Å². The summed E-state index contributed by atoms with van der Waals surface area (Å²) in [5.74, 6) is -0.547. The van der Waals surface area contributed by atoms with Crippen molar-refractivity contribution in [1.29, 1.82) is 0 Å². The fraction of sp³-hybridized carbons (Fsp3) is 0.429. The summed E-state index contributed by atoms with van der Waals surface area (Å²) in [7, 11) is 0. The van der Waals surface area contributed by atoms with Crippen LogP contribution >= 0.6 is 0 Å². The Morgan fingerprint density at radius 1 is 1.21 bits per heavy atom. The summed E-state index contributed by atoms with van der Waals surface area (Å²) >= 11 is 0. The Morgan fingerprint density at radius 3 is 2.42 bits per heavy atom. The molecule has 1 atom stereocenters. The monoisotopic (exact) mass is 263 g/mol. The van der Waals surface area contributed by atoms with E-state index in [2.05, 4.69) is 10.6 Å². The molecular weight excluding hydrogens is 242 g/mol. The molecule has 2 amide bonds. The lowest BCUT2D eigenvalue weighted by atomic mass is 10.00. The van der Waals surface area contributed by atoms with Crippen molar-refractivity contribution in [2.24, 2.45) is 5.73 Å². The highest BCUT2D eigenvalue weighted by Gasteiger charge is 2.25. The summed E-state index contributed by atoms with van der Waals surface area (Å²) in [6.45, 7) is 3.86. The zero-order valence-electron chi connectivity index (χ0n) is 11.4. The maximum Gasteiger partial charge on any atom is 0.240 e. The van der Waals surface area contributed by atoms with Gasteiger partial charge in [-0.25, -0.2) is 0 Å². The van der Waals surface area contributed by atoms with Crippen molar-refractivity contribution in [3.63, 3.8) is 0 Å². The Balaban J connectivity index is 2.31. The molecule has 0 heterocycles. The third-order valence-electron chi connectivity index (χ3n) is 3.00. The number of hydrogen-bond acceptors (Lipinski definition) is 3. The van der Waals surface area contributed by atoms with Crippen LogP contribution in [0, 0.1) is 0 Å². The molecule has 104 valence electrons. The van der Waals surface area contributed by atoms with Gasteiger partial charge in [0.2, 0.25) is 11.8 Å². The van der Waals surface area contributed by atoms with Crippen LogP contribution in [0.4, 0.5) is 0 Å². The van der Waals surface area contributed by atoms with Gasteiger partial charge in [0, 0.05) is 6.54 Å². The highest BCUT2D eigenvalue weighted by molar-refractivity contribution is 5.89. The van der Waals surface area contributed by atoms with E-state index in [1.807, 2.05) is 37.3 Å². The van der Waals surface area contributed by atoms with Gasteiger partial charge >= 0.3 is 0 Å². The molecule has 0 radical (unpaired) electrons. The van der Waals surface area contributed by atoms with Crippen LogP contribution < -0.4 is 16.4 Å². The van der Waals surface area contributed by atoms with Crippen LogP contribution in [0.1, 0.15) is 25.8 Å². The SMILES string of the molecule is CCC(C)(N)C(=O)NCC(=O)NCc1ccccc1. The first-order valence-corrected chi connectivity index (χ1v) is 6.33. The Bertz CT molecular complexity index is 430. The fourth-order valence-electron chi connectivity index (χ4n) is 1.38. The van der Waals surface area contributed by atoms with Crippen LogP contribution in [-0.2, 0) is 16.1 Å². The standard InChI is InChI=1S/C14H21N3O2/c1-3-14(2,15)13(19)17-10-12(18)16-9-11-7-5-4-6-8-11/h4-8H,3,9-10,15H2,1-2H3,(H,16,18)(H,17,19). The molecule has 1 rings (SSSR count). The highest BCUT2D eigenvalue weighted by Crippen LogP contribution is 2.03. The first-order chi connectivity index (χ1) is 8.95. The number of benzene rings is 1. The molecule has 0 fully saturated rings. The molecule has 1 aromatic rings. The minimum Gasteiger partial charge on any atom is -0.350 e. The number of carbonyl (C=O) groups is 2. The first kappa shape index (κ1) is 15.2. The van der Waals surface area contributed by atoms with Gasteiger partial charge < -0.3 is 16.4 Å². The zero-order chi connectivity index (χ0) is 14.3. The maximum absolute atomic E-state index is 11.7. The quantitative estimate of drug-likeness (QED) is 0.700. The predicted octanol–water partition coefficient (Wildman–Crippen LogP) is 0.546. The molecule has 0 aromatic heterocycles. The molecule has 1 aromatic carbocycles. The molecular formula is C14H21N3O2. The summed E-state index contributed by atoms with van der Waals surface area (Å²) in [6, 6.07) is 9.58. The average molecular weight is 263 g/mol. The average Bonchev–Trinajstić information content (AvgIpc) is 2.43. The normalized spacial score (nSPS) is 13.4. The van der Waals surface area contributed by atoms with Gasteiger partial charge in [-0.1, -0.05) is 37.3 Å². The van der Waals surface area contributed by atoms with Gasteiger partial charge in [-0.3, -0.25) is 9.59 Å². The molecule has 5 heteroatoms. The smallest absolute Gasteiger partial charge is 0.240 e. The molecule has 0 spiro atoms. The molecule has 0 aliphatic rings. The van der Waals surface area contributed by atoms with Gasteiger partial charge in [0.1, 0.15) is 0 Å². The van der Waals surface area contributed by atoms with E-state index in [9.17, 15) is 9.59 Å². The molecule has 19 heavy (non-hydrogen) atoms. The Kier molecular flexibility index (Phi) is 5.51. The Labute approximate surface area is 113 Å². The number of carbonyl (C=O) groups excluding carboxylic acids is 2.